The van der Waals surface area contributed by atoms with Gasteiger partial charge >= 0.3 is 12.1 Å². The van der Waals surface area contributed by atoms with Gasteiger partial charge in [0.2, 0.25) is 0 Å². The van der Waals surface area contributed by atoms with E-state index in [1.807, 2.05) is 49.4 Å². The molecule has 2 aliphatic heterocycles. The lowest BCUT2D eigenvalue weighted by Crippen LogP contribution is -2.50. The van der Waals surface area contributed by atoms with E-state index in [-0.39, 0.29) is 24.1 Å². The molecule has 7 heteroatoms. The summed E-state index contributed by atoms with van der Waals surface area (Å²) < 4.78 is 12.4. The summed E-state index contributed by atoms with van der Waals surface area (Å²) in [7, 11) is 3.33. The van der Waals surface area contributed by atoms with Crippen LogP contribution in [0.4, 0.5) is 10.5 Å². The first kappa shape index (κ1) is 18.7. The van der Waals surface area contributed by atoms with Crippen molar-refractivity contribution in [2.24, 2.45) is 7.05 Å². The number of fused-ring (bicyclic) bond motifs is 3. The third-order valence-corrected chi connectivity index (χ3v) is 5.58. The number of nitrogens with zero attached hydrogens (tertiary/aromatic N) is 3. The lowest BCUT2D eigenvalue weighted by molar-refractivity contribution is 0.0214. The van der Waals surface area contributed by atoms with E-state index in [2.05, 4.69) is 11.0 Å². The number of hydrogen-bond acceptors (Lipinski definition) is 5. The molecule has 2 atom stereocenters. The van der Waals surface area contributed by atoms with Crippen LogP contribution in [0.1, 0.15) is 37.6 Å². The number of carbonyl (C=O) groups is 2. The smallest absolute Gasteiger partial charge is 0.410 e. The molecule has 28 heavy (non-hydrogen) atoms. The van der Waals surface area contributed by atoms with Gasteiger partial charge in [0.1, 0.15) is 5.60 Å². The molecule has 3 heterocycles. The molecule has 1 aromatic carbocycles. The number of methoxy groups -OCH3 is 1. The Morgan fingerprint density at radius 1 is 1.14 bits per heavy atom. The number of aromatic nitrogens is 1. The van der Waals surface area contributed by atoms with Crippen molar-refractivity contribution < 1.29 is 19.1 Å². The molecule has 0 unspecified atom stereocenters. The Hall–Kier alpha value is -2.70. The van der Waals surface area contributed by atoms with Crippen LogP contribution >= 0.6 is 0 Å². The molecule has 1 aromatic heterocycles. The van der Waals surface area contributed by atoms with Gasteiger partial charge in [-0.25, -0.2) is 9.59 Å². The van der Waals surface area contributed by atoms with Gasteiger partial charge in [-0.15, -0.1) is 0 Å². The van der Waals surface area contributed by atoms with Crippen LogP contribution in [0.25, 0.3) is 10.9 Å². The zero-order valence-corrected chi connectivity index (χ0v) is 17.1. The zero-order chi connectivity index (χ0) is 20.2. The highest BCUT2D eigenvalue weighted by Gasteiger charge is 2.46. The number of anilines is 1. The summed E-state index contributed by atoms with van der Waals surface area (Å²) in [6, 6.07) is 6.60. The Bertz CT molecular complexity index is 943. The quantitative estimate of drug-likeness (QED) is 0.743. The number of amides is 1. The molecular weight excluding hydrogens is 358 g/mol. The van der Waals surface area contributed by atoms with Gasteiger partial charge in [-0.2, -0.15) is 0 Å². The first-order chi connectivity index (χ1) is 13.2. The van der Waals surface area contributed by atoms with Gasteiger partial charge in [0, 0.05) is 43.4 Å². The van der Waals surface area contributed by atoms with E-state index in [9.17, 15) is 9.59 Å². The number of piperazine rings is 1. The summed E-state index contributed by atoms with van der Waals surface area (Å²) in [6.45, 7) is 7.15. The summed E-state index contributed by atoms with van der Waals surface area (Å²) in [5.41, 5.74) is 2.20. The second-order valence-electron chi connectivity index (χ2n) is 8.68. The summed E-state index contributed by atoms with van der Waals surface area (Å²) in [5.74, 6) is -0.327. The lowest BCUT2D eigenvalue weighted by atomic mass is 10.1. The van der Waals surface area contributed by atoms with Crippen LogP contribution in [0.5, 0.6) is 0 Å². The summed E-state index contributed by atoms with van der Waals surface area (Å²) in [5, 5.41) is 0.887. The number of benzene rings is 1. The van der Waals surface area contributed by atoms with Crippen LogP contribution in [0.3, 0.4) is 0 Å². The van der Waals surface area contributed by atoms with Crippen LogP contribution in [0, 0.1) is 0 Å². The van der Waals surface area contributed by atoms with Gasteiger partial charge in [0.15, 0.2) is 0 Å². The van der Waals surface area contributed by atoms with E-state index in [4.69, 9.17) is 9.47 Å². The molecule has 0 radical (unpaired) electrons. The fourth-order valence-corrected chi connectivity index (χ4v) is 4.35. The molecule has 2 fully saturated rings. The van der Waals surface area contributed by atoms with Gasteiger partial charge in [0.05, 0.1) is 24.2 Å². The van der Waals surface area contributed by atoms with Crippen LogP contribution in [0.15, 0.2) is 24.4 Å². The van der Waals surface area contributed by atoms with Crippen molar-refractivity contribution in [1.29, 1.82) is 0 Å². The largest absolute Gasteiger partial charge is 0.465 e. The Morgan fingerprint density at radius 2 is 1.89 bits per heavy atom. The Labute approximate surface area is 164 Å². The fourth-order valence-electron chi connectivity index (χ4n) is 4.35. The average Bonchev–Trinajstić information content (AvgIpc) is 3.32. The summed E-state index contributed by atoms with van der Waals surface area (Å²) in [4.78, 5) is 28.7. The maximum atomic E-state index is 12.4. The second-order valence-corrected chi connectivity index (χ2v) is 8.68. The van der Waals surface area contributed by atoms with Gasteiger partial charge < -0.3 is 23.8 Å². The minimum absolute atomic E-state index is 0.176. The molecule has 0 aliphatic carbocycles. The molecule has 7 nitrogen and oxygen atoms in total. The first-order valence-corrected chi connectivity index (χ1v) is 9.61. The minimum atomic E-state index is -0.479. The number of likely N-dealkylation sites (tertiary alicyclic amines) is 1. The van der Waals surface area contributed by atoms with Crippen LogP contribution in [0.2, 0.25) is 0 Å². The number of esters is 1. The number of ether oxygens (including phenoxy) is 2. The maximum Gasteiger partial charge on any atom is 0.410 e. The molecule has 2 aliphatic rings. The highest BCUT2D eigenvalue weighted by atomic mass is 16.6. The second kappa shape index (κ2) is 6.43. The molecule has 4 rings (SSSR count). The fraction of sp³-hybridized carbons (Fsp3) is 0.524. The molecule has 2 saturated heterocycles. The van der Waals surface area contributed by atoms with Gasteiger partial charge in [0.25, 0.3) is 0 Å². The Kier molecular flexibility index (Phi) is 4.28. The molecule has 2 aromatic rings. The normalized spacial score (nSPS) is 21.5. The zero-order valence-electron chi connectivity index (χ0n) is 17.1. The van der Waals surface area contributed by atoms with Crippen molar-refractivity contribution >= 4 is 28.7 Å². The molecule has 1 amide bonds. The molecule has 0 N–H and O–H groups in total. The topological polar surface area (TPSA) is 64.0 Å². The van der Waals surface area contributed by atoms with Crippen molar-refractivity contribution in [3.05, 3.63) is 30.0 Å². The van der Waals surface area contributed by atoms with Crippen molar-refractivity contribution in [3.8, 4) is 0 Å². The van der Waals surface area contributed by atoms with Crippen LogP contribution in [-0.4, -0.2) is 59.4 Å². The molecule has 2 bridgehead atoms. The standard InChI is InChI=1S/C21H27N3O4/c1-21(2,3)28-20(26)24-11-14-8-15(24)10-23(14)13-6-7-16-17(19(25)27-5)12-22(4)18(16)9-13/h6-7,9,12,14-15H,8,10-11H2,1-5H3/t14-,15-/m1/s1. The maximum absolute atomic E-state index is 12.4. The lowest BCUT2D eigenvalue weighted by Gasteiger charge is -2.36. The number of rotatable bonds is 2. The Balaban J connectivity index is 1.54. The first-order valence-electron chi connectivity index (χ1n) is 9.61. The predicted molar refractivity (Wildman–Crippen MR) is 107 cm³/mol. The van der Waals surface area contributed by atoms with Crippen molar-refractivity contribution in [2.75, 3.05) is 25.1 Å². The van der Waals surface area contributed by atoms with Crippen LogP contribution in [-0.2, 0) is 16.5 Å². The van der Waals surface area contributed by atoms with Crippen LogP contribution < -0.4 is 4.90 Å². The van der Waals surface area contributed by atoms with Crippen molar-refractivity contribution in [1.82, 2.24) is 9.47 Å². The molecule has 0 spiro atoms. The van der Waals surface area contributed by atoms with Gasteiger partial charge in [-0.05, 0) is 45.4 Å². The van der Waals surface area contributed by atoms with E-state index in [1.165, 1.54) is 7.11 Å². The SMILES string of the molecule is COC(=O)c1cn(C)c2cc(N3C[C@H]4C[C@@H]3CN4C(=O)OC(C)(C)C)ccc12. The van der Waals surface area contributed by atoms with E-state index in [0.717, 1.165) is 29.6 Å². The highest BCUT2D eigenvalue weighted by Crippen LogP contribution is 2.37. The average molecular weight is 385 g/mol. The Morgan fingerprint density at radius 3 is 2.50 bits per heavy atom. The minimum Gasteiger partial charge on any atom is -0.465 e. The van der Waals surface area contributed by atoms with Crippen molar-refractivity contribution in [2.45, 2.75) is 44.9 Å². The number of carbonyl (C=O) groups excluding carboxylic acids is 2. The molecule has 150 valence electrons. The number of aryl methyl sites for hydroxylation is 1. The predicted octanol–water partition coefficient (Wildman–Crippen LogP) is 3.16. The van der Waals surface area contributed by atoms with E-state index < -0.39 is 5.60 Å². The third kappa shape index (κ3) is 3.08. The number of hydrogen-bond donors (Lipinski definition) is 0. The van der Waals surface area contributed by atoms with Crippen molar-refractivity contribution in [3.63, 3.8) is 0 Å². The van der Waals surface area contributed by atoms with E-state index in [0.29, 0.717) is 12.1 Å². The highest BCUT2D eigenvalue weighted by molar-refractivity contribution is 6.05. The molecular formula is C21H27N3O4. The van der Waals surface area contributed by atoms with E-state index in [1.54, 1.807) is 6.20 Å². The summed E-state index contributed by atoms with van der Waals surface area (Å²) in [6.07, 6.45) is 2.54. The monoisotopic (exact) mass is 385 g/mol. The third-order valence-electron chi connectivity index (χ3n) is 5.58. The molecule has 0 saturated carbocycles. The van der Waals surface area contributed by atoms with Gasteiger partial charge in [-0.3, -0.25) is 0 Å². The van der Waals surface area contributed by atoms with E-state index >= 15 is 0 Å². The summed E-state index contributed by atoms with van der Waals surface area (Å²) >= 11 is 0. The van der Waals surface area contributed by atoms with Gasteiger partial charge in [-0.1, -0.05) is 0 Å².